The van der Waals surface area contributed by atoms with Crippen LogP contribution in [0.2, 0.25) is 0 Å². The number of anilines is 1. The molecule has 1 fully saturated rings. The molecular formula is C18H20N2O2. The van der Waals surface area contributed by atoms with E-state index in [-0.39, 0.29) is 11.0 Å². The molecule has 3 rings (SSSR count). The van der Waals surface area contributed by atoms with E-state index < -0.39 is 6.04 Å². The van der Waals surface area contributed by atoms with E-state index in [1.165, 1.54) is 5.56 Å². The van der Waals surface area contributed by atoms with E-state index in [2.05, 4.69) is 29.6 Å². The van der Waals surface area contributed by atoms with Crippen molar-refractivity contribution in [3.63, 3.8) is 0 Å². The van der Waals surface area contributed by atoms with Gasteiger partial charge in [-0.3, -0.25) is 10.1 Å². The fraction of sp³-hybridized carbons (Fsp3) is 0.333. The molecule has 0 saturated heterocycles. The maximum Gasteiger partial charge on any atom is 0.232 e. The second-order valence-corrected chi connectivity index (χ2v) is 5.83. The van der Waals surface area contributed by atoms with Crippen LogP contribution in [0.3, 0.4) is 0 Å². The Labute approximate surface area is 130 Å². The lowest BCUT2D eigenvalue weighted by Gasteiger charge is -2.27. The molecule has 22 heavy (non-hydrogen) atoms. The molecule has 0 heterocycles. The van der Waals surface area contributed by atoms with Gasteiger partial charge in [0.2, 0.25) is 6.04 Å². The zero-order chi connectivity index (χ0) is 15.4. The van der Waals surface area contributed by atoms with Gasteiger partial charge in [-0.2, -0.15) is 0 Å². The average Bonchev–Trinajstić information content (AvgIpc) is 2.57. The molecule has 0 aromatic heterocycles. The Morgan fingerprint density at radius 2 is 1.55 bits per heavy atom. The molecule has 0 aliphatic heterocycles. The van der Waals surface area contributed by atoms with E-state index in [4.69, 9.17) is 0 Å². The Bertz CT molecular complexity index is 625. The Balaban J connectivity index is 1.72. The van der Waals surface area contributed by atoms with Gasteiger partial charge in [0.15, 0.2) is 0 Å². The quantitative estimate of drug-likeness (QED) is 0.674. The van der Waals surface area contributed by atoms with Crippen molar-refractivity contribution >= 4 is 5.69 Å². The molecule has 2 aromatic rings. The third kappa shape index (κ3) is 3.27. The minimum atomic E-state index is -0.470. The lowest BCUT2D eigenvalue weighted by atomic mass is 9.90. The molecule has 0 radical (unpaired) electrons. The van der Waals surface area contributed by atoms with Crippen molar-refractivity contribution in [2.45, 2.75) is 37.8 Å². The summed E-state index contributed by atoms with van der Waals surface area (Å²) in [6, 6.07) is 17.8. The smallest absolute Gasteiger partial charge is 0.232 e. The maximum absolute atomic E-state index is 11.2. The van der Waals surface area contributed by atoms with Crippen LogP contribution >= 0.6 is 0 Å². The van der Waals surface area contributed by atoms with Crippen molar-refractivity contribution in [2.24, 2.45) is 0 Å². The first kappa shape index (κ1) is 14.6. The van der Waals surface area contributed by atoms with Gasteiger partial charge in [0, 0.05) is 17.0 Å². The van der Waals surface area contributed by atoms with Gasteiger partial charge in [-0.1, -0.05) is 48.9 Å². The third-order valence-corrected chi connectivity index (χ3v) is 4.34. The fourth-order valence-electron chi connectivity index (χ4n) is 3.14. The number of hydrogen-bond donors (Lipinski definition) is 1. The van der Waals surface area contributed by atoms with E-state index in [9.17, 15) is 10.1 Å². The summed E-state index contributed by atoms with van der Waals surface area (Å²) in [4.78, 5) is 11.0. The van der Waals surface area contributed by atoms with Gasteiger partial charge in [0.1, 0.15) is 0 Å². The largest absolute Gasteiger partial charge is 0.376 e. The van der Waals surface area contributed by atoms with E-state index >= 15 is 0 Å². The van der Waals surface area contributed by atoms with Crippen molar-refractivity contribution < 1.29 is 4.92 Å². The fourth-order valence-corrected chi connectivity index (χ4v) is 3.14. The number of nitrogens with zero attached hydrogens (tertiary/aromatic N) is 1. The molecule has 4 heteroatoms. The lowest BCUT2D eigenvalue weighted by Crippen LogP contribution is -2.41. The molecule has 1 aliphatic rings. The highest BCUT2D eigenvalue weighted by Crippen LogP contribution is 2.26. The second-order valence-electron chi connectivity index (χ2n) is 5.83. The van der Waals surface area contributed by atoms with Crippen LogP contribution in [0.1, 0.15) is 25.7 Å². The normalized spacial score (nSPS) is 21.3. The number of nitro groups is 1. The molecule has 1 N–H and O–H groups in total. The zero-order valence-corrected chi connectivity index (χ0v) is 12.4. The first-order valence-corrected chi connectivity index (χ1v) is 7.79. The van der Waals surface area contributed by atoms with Crippen molar-refractivity contribution in [3.05, 3.63) is 64.7 Å². The van der Waals surface area contributed by atoms with E-state index in [0.29, 0.717) is 6.42 Å². The number of benzene rings is 2. The predicted molar refractivity (Wildman–Crippen MR) is 88.5 cm³/mol. The van der Waals surface area contributed by atoms with Gasteiger partial charge in [-0.05, 0) is 36.1 Å². The van der Waals surface area contributed by atoms with Crippen LogP contribution in [0, 0.1) is 10.1 Å². The molecule has 2 atom stereocenters. The summed E-state index contributed by atoms with van der Waals surface area (Å²) in [5, 5.41) is 14.5. The van der Waals surface area contributed by atoms with Crippen molar-refractivity contribution in [2.75, 3.05) is 5.32 Å². The van der Waals surface area contributed by atoms with Crippen LogP contribution in [0.15, 0.2) is 54.6 Å². The van der Waals surface area contributed by atoms with Crippen LogP contribution in [-0.2, 0) is 0 Å². The number of hydrogen-bond acceptors (Lipinski definition) is 3. The molecule has 0 bridgehead atoms. The topological polar surface area (TPSA) is 55.2 Å². The minimum absolute atomic E-state index is 0.0636. The van der Waals surface area contributed by atoms with Crippen LogP contribution in [0.5, 0.6) is 0 Å². The zero-order valence-electron chi connectivity index (χ0n) is 12.4. The van der Waals surface area contributed by atoms with Gasteiger partial charge in [0.05, 0.1) is 6.04 Å². The molecule has 1 aliphatic carbocycles. The van der Waals surface area contributed by atoms with Gasteiger partial charge >= 0.3 is 0 Å². The van der Waals surface area contributed by atoms with E-state index in [1.807, 2.05) is 30.3 Å². The third-order valence-electron chi connectivity index (χ3n) is 4.34. The summed E-state index contributed by atoms with van der Waals surface area (Å²) in [5.41, 5.74) is 3.29. The highest BCUT2D eigenvalue weighted by atomic mass is 16.6. The molecule has 114 valence electrons. The molecule has 0 spiro atoms. The minimum Gasteiger partial charge on any atom is -0.376 e. The van der Waals surface area contributed by atoms with Crippen molar-refractivity contribution in [1.82, 2.24) is 0 Å². The predicted octanol–water partition coefficient (Wildman–Crippen LogP) is 4.35. The van der Waals surface area contributed by atoms with Gasteiger partial charge < -0.3 is 5.32 Å². The van der Waals surface area contributed by atoms with Crippen LogP contribution < -0.4 is 5.32 Å². The van der Waals surface area contributed by atoms with Gasteiger partial charge in [0.25, 0.3) is 0 Å². The lowest BCUT2D eigenvalue weighted by molar-refractivity contribution is -0.527. The molecular weight excluding hydrogens is 276 g/mol. The second kappa shape index (κ2) is 6.60. The Hall–Kier alpha value is -2.36. The highest BCUT2D eigenvalue weighted by molar-refractivity contribution is 5.65. The summed E-state index contributed by atoms with van der Waals surface area (Å²) >= 11 is 0. The molecule has 1 saturated carbocycles. The monoisotopic (exact) mass is 296 g/mol. The summed E-state index contributed by atoms with van der Waals surface area (Å²) < 4.78 is 0. The molecule has 2 aromatic carbocycles. The summed E-state index contributed by atoms with van der Waals surface area (Å²) in [5.74, 6) is 0. The number of rotatable bonds is 4. The van der Waals surface area contributed by atoms with E-state index in [1.54, 1.807) is 0 Å². The van der Waals surface area contributed by atoms with E-state index in [0.717, 1.165) is 30.5 Å². The van der Waals surface area contributed by atoms with Crippen LogP contribution in [-0.4, -0.2) is 17.0 Å². The highest BCUT2D eigenvalue weighted by Gasteiger charge is 2.33. The first-order chi connectivity index (χ1) is 10.7. The standard InChI is InChI=1S/C18H20N2O2/c21-20(22)18-9-5-4-8-17(18)19-16-12-10-15(11-13-16)14-6-2-1-3-7-14/h1-3,6-7,10-13,17-19H,4-5,8-9H2/t17-,18-/m0/s1. The Kier molecular flexibility index (Phi) is 4.37. The Morgan fingerprint density at radius 3 is 2.23 bits per heavy atom. The molecule has 0 unspecified atom stereocenters. The SMILES string of the molecule is O=[N+]([O-])[C@H]1CCCC[C@@H]1Nc1ccc(-c2ccccc2)cc1. The van der Waals surface area contributed by atoms with Crippen LogP contribution in [0.25, 0.3) is 11.1 Å². The Morgan fingerprint density at radius 1 is 0.909 bits per heavy atom. The van der Waals surface area contributed by atoms with Crippen molar-refractivity contribution in [3.8, 4) is 11.1 Å². The van der Waals surface area contributed by atoms with Crippen molar-refractivity contribution in [1.29, 1.82) is 0 Å². The maximum atomic E-state index is 11.2. The summed E-state index contributed by atoms with van der Waals surface area (Å²) in [7, 11) is 0. The number of nitrogens with one attached hydrogen (secondary N) is 1. The van der Waals surface area contributed by atoms with Crippen LogP contribution in [0.4, 0.5) is 5.69 Å². The average molecular weight is 296 g/mol. The summed E-state index contributed by atoms with van der Waals surface area (Å²) in [6.45, 7) is 0. The summed E-state index contributed by atoms with van der Waals surface area (Å²) in [6.07, 6.45) is 3.56. The first-order valence-electron chi connectivity index (χ1n) is 7.79. The van der Waals surface area contributed by atoms with Gasteiger partial charge in [-0.25, -0.2) is 0 Å². The molecule has 4 nitrogen and oxygen atoms in total. The van der Waals surface area contributed by atoms with Gasteiger partial charge in [-0.15, -0.1) is 0 Å². The molecule has 0 amide bonds.